The van der Waals surface area contributed by atoms with Gasteiger partial charge in [-0.3, -0.25) is 9.69 Å². The zero-order valence-corrected chi connectivity index (χ0v) is 19.3. The Hall–Kier alpha value is -3.44. The van der Waals surface area contributed by atoms with Gasteiger partial charge in [-0.25, -0.2) is 4.99 Å². The molecule has 3 rings (SSSR count). The summed E-state index contributed by atoms with van der Waals surface area (Å²) in [6.07, 6.45) is 4.08. The second-order valence-corrected chi connectivity index (χ2v) is 7.50. The van der Waals surface area contributed by atoms with Crippen molar-refractivity contribution in [2.75, 3.05) is 66.4 Å². The highest BCUT2D eigenvalue weighted by molar-refractivity contribution is 5.77. The molecule has 1 aromatic carbocycles. The van der Waals surface area contributed by atoms with Gasteiger partial charge in [-0.2, -0.15) is 9.67 Å². The molecule has 11 nitrogen and oxygen atoms in total. The molecule has 0 radical (unpaired) electrons. The zero-order chi connectivity index (χ0) is 23.6. The third-order valence-corrected chi connectivity index (χ3v) is 5.19. The van der Waals surface area contributed by atoms with Gasteiger partial charge in [-0.05, 0) is 17.7 Å². The van der Waals surface area contributed by atoms with Crippen LogP contribution in [0.25, 0.3) is 5.82 Å². The third kappa shape index (κ3) is 6.77. The lowest BCUT2D eigenvalue weighted by Crippen LogP contribution is -2.40. The van der Waals surface area contributed by atoms with E-state index >= 15 is 0 Å². The highest BCUT2D eigenvalue weighted by Crippen LogP contribution is 2.28. The number of aldehydes is 1. The fourth-order valence-corrected chi connectivity index (χ4v) is 3.40. The summed E-state index contributed by atoms with van der Waals surface area (Å²) in [6, 6.07) is 5.59. The Morgan fingerprint density at radius 1 is 1.27 bits per heavy atom. The number of nitrogens with two attached hydrogens (primary N) is 1. The number of hydrogen-bond donors (Lipinski definition) is 1. The van der Waals surface area contributed by atoms with Gasteiger partial charge in [0.1, 0.15) is 12.1 Å². The number of carbonyl (C=O) groups is 1. The van der Waals surface area contributed by atoms with E-state index in [2.05, 4.69) is 20.0 Å². The van der Waals surface area contributed by atoms with Crippen molar-refractivity contribution in [1.29, 1.82) is 0 Å². The quantitative estimate of drug-likeness (QED) is 0.226. The van der Waals surface area contributed by atoms with Crippen LogP contribution >= 0.6 is 0 Å². The number of morpholine rings is 1. The zero-order valence-electron chi connectivity index (χ0n) is 19.3. The Morgan fingerprint density at radius 2 is 2.03 bits per heavy atom. The lowest BCUT2D eigenvalue weighted by atomic mass is 10.1. The van der Waals surface area contributed by atoms with Gasteiger partial charge in [0, 0.05) is 45.7 Å². The van der Waals surface area contributed by atoms with Crippen LogP contribution in [0.1, 0.15) is 11.4 Å². The minimum atomic E-state index is 0.0955. The van der Waals surface area contributed by atoms with Crippen LogP contribution in [0.4, 0.5) is 5.95 Å². The van der Waals surface area contributed by atoms with Crippen LogP contribution in [0.3, 0.4) is 0 Å². The molecule has 0 saturated carbocycles. The maximum Gasteiger partial charge on any atom is 0.240 e. The average molecular weight is 458 g/mol. The van der Waals surface area contributed by atoms with Crippen molar-refractivity contribution < 1.29 is 19.0 Å². The van der Waals surface area contributed by atoms with E-state index in [1.54, 1.807) is 20.6 Å². The molecule has 11 heteroatoms. The van der Waals surface area contributed by atoms with Crippen molar-refractivity contribution in [3.63, 3.8) is 0 Å². The van der Waals surface area contributed by atoms with Gasteiger partial charge in [0.05, 0.1) is 33.8 Å². The molecule has 1 saturated heterocycles. The lowest BCUT2D eigenvalue weighted by Gasteiger charge is -2.28. The first-order valence-corrected chi connectivity index (χ1v) is 10.7. The van der Waals surface area contributed by atoms with Crippen LogP contribution in [-0.2, 0) is 16.0 Å². The van der Waals surface area contributed by atoms with Gasteiger partial charge in [-0.15, -0.1) is 5.10 Å². The minimum absolute atomic E-state index is 0.0955. The number of nitrogen functional groups attached to an aromatic ring is 1. The number of hydrogen-bond acceptors (Lipinski definition) is 9. The number of aromatic nitrogens is 3. The van der Waals surface area contributed by atoms with Crippen LogP contribution in [0, 0.1) is 0 Å². The van der Waals surface area contributed by atoms with E-state index in [1.807, 2.05) is 30.1 Å². The monoisotopic (exact) mass is 457 g/mol. The molecular weight excluding hydrogens is 426 g/mol. The van der Waals surface area contributed by atoms with Crippen LogP contribution in [0.2, 0.25) is 0 Å². The lowest BCUT2D eigenvalue weighted by molar-refractivity contribution is -0.104. The summed E-state index contributed by atoms with van der Waals surface area (Å²) >= 11 is 0. The molecule has 0 atom stereocenters. The fraction of sp³-hybridized carbons (Fsp3) is 0.455. The molecular formula is C22H31N7O4. The average Bonchev–Trinajstić information content (AvgIpc) is 3.20. The van der Waals surface area contributed by atoms with E-state index in [4.69, 9.17) is 19.9 Å². The standard InChI is InChI=1S/C22H31N7O4/c1-27(7-8-28-9-12-33-13-10-28)16-24-20(6-11-30)29-21(25-22(23)26-29)15-17-4-5-18(31-2)19(14-17)32-3/h4-6,11,14,16H,7-10,12-13,15H2,1-3H3,(H2,23,26)/b20-6+,24-16-. The summed E-state index contributed by atoms with van der Waals surface area (Å²) in [4.78, 5) is 24.4. The molecule has 1 aromatic heterocycles. The number of likely N-dealkylation sites (N-methyl/N-ethyl adjacent to an activating group) is 1. The third-order valence-electron chi connectivity index (χ3n) is 5.19. The number of carbonyl (C=O) groups excluding carboxylic acids is 1. The van der Waals surface area contributed by atoms with E-state index in [0.29, 0.717) is 35.9 Å². The second kappa shape index (κ2) is 12.0. The van der Waals surface area contributed by atoms with Crippen molar-refractivity contribution in [2.24, 2.45) is 4.99 Å². The molecule has 0 amide bonds. The summed E-state index contributed by atoms with van der Waals surface area (Å²) in [5.74, 6) is 2.20. The number of allylic oxidation sites excluding steroid dienone is 1. The van der Waals surface area contributed by atoms with Crippen molar-refractivity contribution in [2.45, 2.75) is 6.42 Å². The largest absolute Gasteiger partial charge is 0.493 e. The molecule has 178 valence electrons. The van der Waals surface area contributed by atoms with E-state index in [-0.39, 0.29) is 5.95 Å². The van der Waals surface area contributed by atoms with Crippen molar-refractivity contribution in [1.82, 2.24) is 24.6 Å². The predicted octanol–water partition coefficient (Wildman–Crippen LogP) is 0.758. The van der Waals surface area contributed by atoms with Crippen molar-refractivity contribution >= 4 is 24.4 Å². The summed E-state index contributed by atoms with van der Waals surface area (Å²) in [5.41, 5.74) is 6.79. The Labute approximate surface area is 193 Å². The SMILES string of the molecule is COc1ccc(Cc2nc(N)nn2C(=C/C=O)/N=C\N(C)CCN2CCOCC2)cc1OC. The molecule has 0 unspecified atom stereocenters. The minimum Gasteiger partial charge on any atom is -0.493 e. The number of ether oxygens (including phenoxy) is 3. The van der Waals surface area contributed by atoms with E-state index < -0.39 is 0 Å². The van der Waals surface area contributed by atoms with Gasteiger partial charge in [0.25, 0.3) is 0 Å². The maximum absolute atomic E-state index is 11.3. The number of aliphatic imine (C=N–C) groups is 1. The molecule has 1 aliphatic rings. The van der Waals surface area contributed by atoms with Crippen LogP contribution in [0.15, 0.2) is 29.3 Å². The Bertz CT molecular complexity index is 983. The highest BCUT2D eigenvalue weighted by atomic mass is 16.5. The fourth-order valence-electron chi connectivity index (χ4n) is 3.40. The molecule has 0 bridgehead atoms. The second-order valence-electron chi connectivity index (χ2n) is 7.50. The predicted molar refractivity (Wildman–Crippen MR) is 126 cm³/mol. The summed E-state index contributed by atoms with van der Waals surface area (Å²) in [5, 5.41) is 4.25. The molecule has 1 fully saturated rings. The van der Waals surface area contributed by atoms with Crippen LogP contribution < -0.4 is 15.2 Å². The maximum atomic E-state index is 11.3. The Kier molecular flexibility index (Phi) is 8.79. The molecule has 1 aliphatic heterocycles. The topological polar surface area (TPSA) is 120 Å². The number of benzene rings is 1. The smallest absolute Gasteiger partial charge is 0.240 e. The highest BCUT2D eigenvalue weighted by Gasteiger charge is 2.15. The van der Waals surface area contributed by atoms with Gasteiger partial charge in [-0.1, -0.05) is 6.07 Å². The molecule has 0 aliphatic carbocycles. The summed E-state index contributed by atoms with van der Waals surface area (Å²) < 4.78 is 17.5. The van der Waals surface area contributed by atoms with Crippen LogP contribution in [0.5, 0.6) is 11.5 Å². The number of anilines is 1. The molecule has 2 aromatic rings. The first kappa shape index (κ1) is 24.2. The van der Waals surface area contributed by atoms with Gasteiger partial charge in [0.15, 0.2) is 17.3 Å². The Balaban J connectivity index is 1.73. The first-order chi connectivity index (χ1) is 16.0. The van der Waals surface area contributed by atoms with Gasteiger partial charge in [0.2, 0.25) is 5.95 Å². The van der Waals surface area contributed by atoms with Gasteiger partial charge >= 0.3 is 0 Å². The number of methoxy groups -OCH3 is 2. The van der Waals surface area contributed by atoms with Crippen LogP contribution in [-0.4, -0.2) is 97.8 Å². The molecule has 33 heavy (non-hydrogen) atoms. The number of nitrogens with zero attached hydrogens (tertiary/aromatic N) is 6. The Morgan fingerprint density at radius 3 is 2.73 bits per heavy atom. The van der Waals surface area contributed by atoms with Gasteiger partial charge < -0.3 is 24.8 Å². The van der Waals surface area contributed by atoms with Crippen molar-refractivity contribution in [3.05, 3.63) is 35.7 Å². The normalized spacial score (nSPS) is 15.1. The summed E-state index contributed by atoms with van der Waals surface area (Å²) in [7, 11) is 5.10. The van der Waals surface area contributed by atoms with E-state index in [1.165, 1.54) is 10.8 Å². The van der Waals surface area contributed by atoms with Crippen molar-refractivity contribution in [3.8, 4) is 11.5 Å². The first-order valence-electron chi connectivity index (χ1n) is 10.7. The van der Waals surface area contributed by atoms with E-state index in [9.17, 15) is 4.79 Å². The molecule has 2 heterocycles. The molecule has 2 N–H and O–H groups in total. The summed E-state index contributed by atoms with van der Waals surface area (Å²) in [6.45, 7) is 5.08. The molecule has 0 spiro atoms. The van der Waals surface area contributed by atoms with E-state index in [0.717, 1.165) is 45.0 Å². The number of rotatable bonds is 11.